The molecule has 0 atom stereocenters. The molecular formula is C23H22N4O2. The summed E-state index contributed by atoms with van der Waals surface area (Å²) in [5, 5.41) is 2.90. The molecule has 0 saturated heterocycles. The summed E-state index contributed by atoms with van der Waals surface area (Å²) in [7, 11) is 0. The van der Waals surface area contributed by atoms with Crippen LogP contribution in [0.3, 0.4) is 0 Å². The van der Waals surface area contributed by atoms with E-state index >= 15 is 0 Å². The second kappa shape index (κ2) is 8.14. The van der Waals surface area contributed by atoms with Gasteiger partial charge in [-0.3, -0.25) is 9.69 Å². The van der Waals surface area contributed by atoms with E-state index < -0.39 is 0 Å². The number of anilines is 3. The van der Waals surface area contributed by atoms with E-state index in [-0.39, 0.29) is 11.8 Å². The Balaban J connectivity index is 1.55. The van der Waals surface area contributed by atoms with Crippen molar-refractivity contribution in [3.05, 3.63) is 84.1 Å². The molecule has 146 valence electrons. The predicted molar refractivity (Wildman–Crippen MR) is 115 cm³/mol. The van der Waals surface area contributed by atoms with E-state index in [9.17, 15) is 9.59 Å². The number of hydrogen-bond donors (Lipinski definition) is 1. The Hall–Kier alpha value is -3.67. The molecule has 4 rings (SSSR count). The summed E-state index contributed by atoms with van der Waals surface area (Å²) in [5.74, 6) is 0.750. The van der Waals surface area contributed by atoms with Crippen LogP contribution in [0.5, 0.6) is 0 Å². The minimum absolute atomic E-state index is 0.0369. The molecule has 0 radical (unpaired) electrons. The van der Waals surface area contributed by atoms with Gasteiger partial charge < -0.3 is 10.2 Å². The van der Waals surface area contributed by atoms with Crippen LogP contribution in [0.15, 0.2) is 72.9 Å². The van der Waals surface area contributed by atoms with Crippen LogP contribution < -0.4 is 15.1 Å². The van der Waals surface area contributed by atoms with Crippen molar-refractivity contribution in [2.24, 2.45) is 0 Å². The van der Waals surface area contributed by atoms with Crippen molar-refractivity contribution in [2.45, 2.75) is 13.5 Å². The Bertz CT molecular complexity index is 1040. The number of aromatic nitrogens is 1. The molecule has 6 heteroatoms. The number of rotatable bonds is 4. The normalized spacial score (nSPS) is 13.0. The zero-order chi connectivity index (χ0) is 20.2. The van der Waals surface area contributed by atoms with Crippen LogP contribution in [0.4, 0.5) is 22.0 Å². The number of nitrogens with one attached hydrogen (secondary N) is 1. The van der Waals surface area contributed by atoms with Crippen molar-refractivity contribution < 1.29 is 9.59 Å². The van der Waals surface area contributed by atoms with Crippen LogP contribution in [0, 0.1) is 0 Å². The lowest BCUT2D eigenvalue weighted by atomic mass is 10.1. The van der Waals surface area contributed by atoms with Gasteiger partial charge in [0.15, 0.2) is 11.6 Å². The fourth-order valence-electron chi connectivity index (χ4n) is 3.47. The third-order valence-electron chi connectivity index (χ3n) is 4.93. The van der Waals surface area contributed by atoms with Crippen LogP contribution in [0.2, 0.25) is 0 Å². The fourth-order valence-corrected chi connectivity index (χ4v) is 3.47. The SMILES string of the molecule is CC(=O)c1cccc(NC(=O)N2CCN(Cc3ccccc3)c3ncccc32)c1. The molecule has 0 fully saturated rings. The molecule has 6 nitrogen and oxygen atoms in total. The molecule has 1 N–H and O–H groups in total. The Morgan fingerprint density at radius 3 is 2.62 bits per heavy atom. The lowest BCUT2D eigenvalue weighted by Crippen LogP contribution is -2.46. The Morgan fingerprint density at radius 1 is 1.00 bits per heavy atom. The largest absolute Gasteiger partial charge is 0.349 e. The van der Waals surface area contributed by atoms with Crippen LogP contribution in [0.1, 0.15) is 22.8 Å². The first kappa shape index (κ1) is 18.7. The van der Waals surface area contributed by atoms with Crippen molar-refractivity contribution in [3.8, 4) is 0 Å². The summed E-state index contributed by atoms with van der Waals surface area (Å²) in [6.07, 6.45) is 1.74. The van der Waals surface area contributed by atoms with Crippen LogP contribution in [-0.4, -0.2) is 29.9 Å². The molecule has 2 aromatic carbocycles. The first-order valence-corrected chi connectivity index (χ1v) is 9.55. The van der Waals surface area contributed by atoms with Gasteiger partial charge in [0, 0.05) is 37.1 Å². The van der Waals surface area contributed by atoms with Gasteiger partial charge in [-0.05, 0) is 36.8 Å². The number of carbonyl (C=O) groups excluding carboxylic acids is 2. The van der Waals surface area contributed by atoms with Gasteiger partial charge in [-0.25, -0.2) is 9.78 Å². The molecular weight excluding hydrogens is 364 g/mol. The number of nitrogens with zero attached hydrogens (tertiary/aromatic N) is 3. The summed E-state index contributed by atoms with van der Waals surface area (Å²) >= 11 is 0. The molecule has 2 amide bonds. The lowest BCUT2D eigenvalue weighted by molar-refractivity contribution is 0.101. The highest BCUT2D eigenvalue weighted by atomic mass is 16.2. The topological polar surface area (TPSA) is 65.5 Å². The van der Waals surface area contributed by atoms with E-state index in [0.29, 0.717) is 24.3 Å². The zero-order valence-electron chi connectivity index (χ0n) is 16.2. The van der Waals surface area contributed by atoms with Crippen LogP contribution in [0.25, 0.3) is 0 Å². The van der Waals surface area contributed by atoms with E-state index in [0.717, 1.165) is 18.1 Å². The van der Waals surface area contributed by atoms with Crippen molar-refractivity contribution in [1.29, 1.82) is 0 Å². The monoisotopic (exact) mass is 386 g/mol. The quantitative estimate of drug-likeness (QED) is 0.678. The molecule has 1 aromatic heterocycles. The van der Waals surface area contributed by atoms with Gasteiger partial charge >= 0.3 is 6.03 Å². The third-order valence-corrected chi connectivity index (χ3v) is 4.93. The van der Waals surface area contributed by atoms with Gasteiger partial charge in [-0.1, -0.05) is 42.5 Å². The molecule has 29 heavy (non-hydrogen) atoms. The average Bonchev–Trinajstić information content (AvgIpc) is 2.75. The summed E-state index contributed by atoms with van der Waals surface area (Å²) < 4.78 is 0. The fraction of sp³-hybridized carbons (Fsp3) is 0.174. The van der Waals surface area contributed by atoms with Gasteiger partial charge in [-0.2, -0.15) is 0 Å². The number of carbonyl (C=O) groups is 2. The molecule has 3 aromatic rings. The Labute approximate surface area is 169 Å². The molecule has 1 aliphatic heterocycles. The third kappa shape index (κ3) is 4.11. The number of fused-ring (bicyclic) bond motifs is 1. The van der Waals surface area contributed by atoms with Gasteiger partial charge in [0.05, 0.1) is 5.69 Å². The maximum absolute atomic E-state index is 13.0. The number of hydrogen-bond acceptors (Lipinski definition) is 4. The zero-order valence-corrected chi connectivity index (χ0v) is 16.2. The van der Waals surface area contributed by atoms with Crippen LogP contribution >= 0.6 is 0 Å². The summed E-state index contributed by atoms with van der Waals surface area (Å²) in [6.45, 7) is 3.47. The summed E-state index contributed by atoms with van der Waals surface area (Å²) in [6, 6.07) is 20.7. The Kier molecular flexibility index (Phi) is 5.24. The number of ketones is 1. The number of pyridine rings is 1. The molecule has 2 heterocycles. The van der Waals surface area contributed by atoms with Gasteiger partial charge in [0.2, 0.25) is 0 Å². The summed E-state index contributed by atoms with van der Waals surface area (Å²) in [5.41, 5.74) is 3.13. The number of Topliss-reactive ketones (excluding diaryl/α,β-unsaturated/α-hetero) is 1. The lowest BCUT2D eigenvalue weighted by Gasteiger charge is -2.36. The Morgan fingerprint density at radius 2 is 1.83 bits per heavy atom. The smallest absolute Gasteiger partial charge is 0.326 e. The molecule has 0 bridgehead atoms. The van der Waals surface area contributed by atoms with Crippen molar-refractivity contribution >= 4 is 29.0 Å². The van der Waals surface area contributed by atoms with Crippen LogP contribution in [-0.2, 0) is 6.54 Å². The first-order valence-electron chi connectivity index (χ1n) is 9.55. The first-order chi connectivity index (χ1) is 14.1. The van der Waals surface area contributed by atoms with E-state index in [1.807, 2.05) is 30.3 Å². The van der Waals surface area contributed by atoms with E-state index in [4.69, 9.17) is 0 Å². The molecule has 0 unspecified atom stereocenters. The molecule has 0 aliphatic carbocycles. The maximum Gasteiger partial charge on any atom is 0.326 e. The highest BCUT2D eigenvalue weighted by Gasteiger charge is 2.27. The predicted octanol–water partition coefficient (Wildman–Crippen LogP) is 4.34. The number of amides is 2. The van der Waals surface area contributed by atoms with Gasteiger partial charge in [0.25, 0.3) is 0 Å². The average molecular weight is 386 g/mol. The number of benzene rings is 2. The van der Waals surface area contributed by atoms with E-state index in [1.54, 1.807) is 35.4 Å². The van der Waals surface area contributed by atoms with Crippen molar-refractivity contribution in [1.82, 2.24) is 4.98 Å². The second-order valence-electron chi connectivity index (χ2n) is 6.97. The van der Waals surface area contributed by atoms with Crippen molar-refractivity contribution in [3.63, 3.8) is 0 Å². The summed E-state index contributed by atoms with van der Waals surface area (Å²) in [4.78, 5) is 33.0. The van der Waals surface area contributed by atoms with E-state index in [1.165, 1.54) is 12.5 Å². The van der Waals surface area contributed by atoms with Gasteiger partial charge in [0.1, 0.15) is 0 Å². The molecule has 0 spiro atoms. The minimum atomic E-state index is -0.237. The van der Waals surface area contributed by atoms with Crippen molar-refractivity contribution in [2.75, 3.05) is 28.2 Å². The number of urea groups is 1. The maximum atomic E-state index is 13.0. The second-order valence-corrected chi connectivity index (χ2v) is 6.97. The van der Waals surface area contributed by atoms with E-state index in [2.05, 4.69) is 27.3 Å². The van der Waals surface area contributed by atoms with Gasteiger partial charge in [-0.15, -0.1) is 0 Å². The standard InChI is InChI=1S/C23H22N4O2/c1-17(28)19-9-5-10-20(15-19)25-23(29)27-14-13-26(16-18-7-3-2-4-8-18)22-21(27)11-6-12-24-22/h2-12,15H,13-14,16H2,1H3,(H,25,29). The highest BCUT2D eigenvalue weighted by molar-refractivity contribution is 6.05. The molecule has 1 aliphatic rings. The molecule has 0 saturated carbocycles. The minimum Gasteiger partial charge on any atom is -0.349 e. The highest BCUT2D eigenvalue weighted by Crippen LogP contribution is 2.32.